The Labute approximate surface area is 122 Å². The van der Waals surface area contributed by atoms with Crippen molar-refractivity contribution in [3.8, 4) is 0 Å². The molecule has 1 aromatic carbocycles. The van der Waals surface area contributed by atoms with E-state index in [-0.39, 0.29) is 5.69 Å². The van der Waals surface area contributed by atoms with Crippen molar-refractivity contribution in [3.63, 3.8) is 0 Å². The number of carbonyl (C=O) groups is 1. The van der Waals surface area contributed by atoms with Crippen LogP contribution >= 0.6 is 0 Å². The van der Waals surface area contributed by atoms with Crippen molar-refractivity contribution in [2.45, 2.75) is 37.6 Å². The Bertz CT molecular complexity index is 634. The fourth-order valence-electron chi connectivity index (χ4n) is 1.62. The van der Waals surface area contributed by atoms with E-state index in [9.17, 15) is 22.0 Å². The minimum Gasteiger partial charge on any atom is -0.399 e. The first kappa shape index (κ1) is 17.4. The molecule has 1 amide bonds. The van der Waals surface area contributed by atoms with E-state index in [4.69, 9.17) is 5.73 Å². The highest BCUT2D eigenvalue weighted by Gasteiger charge is 2.29. The summed E-state index contributed by atoms with van der Waals surface area (Å²) in [7, 11) is -4.44. The van der Waals surface area contributed by atoms with Crippen LogP contribution in [0.2, 0.25) is 0 Å². The molecule has 0 aromatic heterocycles. The van der Waals surface area contributed by atoms with Crippen LogP contribution < -0.4 is 11.1 Å². The van der Waals surface area contributed by atoms with E-state index in [1.807, 2.05) is 6.92 Å². The van der Waals surface area contributed by atoms with Crippen LogP contribution in [0.4, 0.5) is 14.5 Å². The number of amides is 1. The number of hydrogen-bond acceptors (Lipinski definition) is 4. The lowest BCUT2D eigenvalue weighted by molar-refractivity contribution is -0.120. The zero-order chi connectivity index (χ0) is 16.4. The summed E-state index contributed by atoms with van der Waals surface area (Å²) in [5.74, 6) is -4.48. The van der Waals surface area contributed by atoms with Gasteiger partial charge in [-0.2, -0.15) is 0 Å². The zero-order valence-corrected chi connectivity index (χ0v) is 12.9. The van der Waals surface area contributed by atoms with Gasteiger partial charge in [-0.1, -0.05) is 6.92 Å². The van der Waals surface area contributed by atoms with Crippen LogP contribution in [0.1, 0.15) is 27.2 Å². The number of nitrogen functional groups attached to an aromatic ring is 1. The minimum absolute atomic E-state index is 0.236. The molecule has 0 atom stereocenters. The quantitative estimate of drug-likeness (QED) is 0.807. The lowest BCUT2D eigenvalue weighted by atomic mass is 10.0. The summed E-state index contributed by atoms with van der Waals surface area (Å²) >= 11 is 0. The molecule has 1 aromatic rings. The maximum Gasteiger partial charge on any atom is 0.236 e. The summed E-state index contributed by atoms with van der Waals surface area (Å²) in [5, 5.41) is 2.49. The van der Waals surface area contributed by atoms with Crippen molar-refractivity contribution in [2.24, 2.45) is 0 Å². The van der Waals surface area contributed by atoms with E-state index in [0.717, 1.165) is 0 Å². The Morgan fingerprint density at radius 2 is 1.76 bits per heavy atom. The predicted molar refractivity (Wildman–Crippen MR) is 75.3 cm³/mol. The van der Waals surface area contributed by atoms with E-state index < -0.39 is 43.6 Å². The first-order valence-corrected chi connectivity index (χ1v) is 7.92. The number of nitrogens with two attached hydrogens (primary N) is 1. The Morgan fingerprint density at radius 1 is 1.29 bits per heavy atom. The average molecular weight is 320 g/mol. The lowest BCUT2D eigenvalue weighted by Crippen LogP contribution is -2.45. The van der Waals surface area contributed by atoms with E-state index in [1.54, 1.807) is 13.8 Å². The molecule has 0 aliphatic carbocycles. The molecule has 0 bridgehead atoms. The Hall–Kier alpha value is -1.70. The molecule has 0 unspecified atom stereocenters. The highest BCUT2D eigenvalue weighted by molar-refractivity contribution is 7.92. The number of halogens is 2. The van der Waals surface area contributed by atoms with Crippen molar-refractivity contribution in [1.29, 1.82) is 0 Å². The maximum absolute atomic E-state index is 13.6. The highest BCUT2D eigenvalue weighted by Crippen LogP contribution is 2.23. The SMILES string of the molecule is CCC(C)(C)NC(=O)CS(=O)(=O)c1c(F)cc(N)cc1F. The maximum atomic E-state index is 13.6. The van der Waals surface area contributed by atoms with Gasteiger partial charge < -0.3 is 11.1 Å². The molecule has 0 spiro atoms. The van der Waals surface area contributed by atoms with E-state index in [2.05, 4.69) is 5.32 Å². The summed E-state index contributed by atoms with van der Waals surface area (Å²) < 4.78 is 51.2. The molecular formula is C13H18F2N2O3S. The van der Waals surface area contributed by atoms with Gasteiger partial charge in [0, 0.05) is 11.2 Å². The van der Waals surface area contributed by atoms with Crippen molar-refractivity contribution in [2.75, 3.05) is 11.5 Å². The second kappa shape index (κ2) is 5.97. The van der Waals surface area contributed by atoms with Gasteiger partial charge in [0.15, 0.2) is 9.84 Å². The van der Waals surface area contributed by atoms with Crippen molar-refractivity contribution in [1.82, 2.24) is 5.32 Å². The first-order chi connectivity index (χ1) is 9.48. The second-order valence-corrected chi connectivity index (χ2v) is 7.28. The number of benzene rings is 1. The van der Waals surface area contributed by atoms with Gasteiger partial charge in [-0.25, -0.2) is 17.2 Å². The van der Waals surface area contributed by atoms with Crippen LogP contribution in [0.3, 0.4) is 0 Å². The summed E-state index contributed by atoms with van der Waals surface area (Å²) in [5.41, 5.74) is 4.38. The van der Waals surface area contributed by atoms with Gasteiger partial charge in [0.25, 0.3) is 0 Å². The molecule has 118 valence electrons. The van der Waals surface area contributed by atoms with Gasteiger partial charge in [0.05, 0.1) is 0 Å². The molecule has 0 heterocycles. The van der Waals surface area contributed by atoms with Gasteiger partial charge in [-0.3, -0.25) is 4.79 Å². The number of anilines is 1. The third kappa shape index (κ3) is 4.38. The van der Waals surface area contributed by atoms with Crippen LogP contribution in [0, 0.1) is 11.6 Å². The number of sulfone groups is 1. The molecular weight excluding hydrogens is 302 g/mol. The topological polar surface area (TPSA) is 89.3 Å². The normalized spacial score (nSPS) is 12.2. The number of rotatable bonds is 5. The van der Waals surface area contributed by atoms with Gasteiger partial charge in [0.1, 0.15) is 22.3 Å². The molecule has 1 rings (SSSR count). The van der Waals surface area contributed by atoms with Crippen LogP contribution in [-0.4, -0.2) is 25.6 Å². The molecule has 3 N–H and O–H groups in total. The van der Waals surface area contributed by atoms with E-state index in [0.29, 0.717) is 18.6 Å². The second-order valence-electron chi connectivity index (χ2n) is 5.36. The van der Waals surface area contributed by atoms with Crippen LogP contribution in [0.5, 0.6) is 0 Å². The number of carbonyl (C=O) groups excluding carboxylic acids is 1. The van der Waals surface area contributed by atoms with Crippen LogP contribution in [0.15, 0.2) is 17.0 Å². The largest absolute Gasteiger partial charge is 0.399 e. The van der Waals surface area contributed by atoms with E-state index in [1.165, 1.54) is 0 Å². The van der Waals surface area contributed by atoms with Gasteiger partial charge in [0.2, 0.25) is 5.91 Å². The standard InChI is InChI=1S/C13H18F2N2O3S/c1-4-13(2,3)17-11(18)7-21(19,20)12-9(14)5-8(16)6-10(12)15/h5-6H,4,7,16H2,1-3H3,(H,17,18). The Morgan fingerprint density at radius 3 is 2.19 bits per heavy atom. The van der Waals surface area contributed by atoms with Gasteiger partial charge >= 0.3 is 0 Å². The highest BCUT2D eigenvalue weighted by atomic mass is 32.2. The average Bonchev–Trinajstić information content (AvgIpc) is 2.24. The Kier molecular flexibility index (Phi) is 4.93. The zero-order valence-electron chi connectivity index (χ0n) is 12.0. The minimum atomic E-state index is -4.44. The lowest BCUT2D eigenvalue weighted by Gasteiger charge is -2.24. The summed E-state index contributed by atoms with van der Waals surface area (Å²) in [4.78, 5) is 10.6. The van der Waals surface area contributed by atoms with Crippen LogP contribution in [-0.2, 0) is 14.6 Å². The molecule has 0 saturated carbocycles. The molecule has 0 aliphatic rings. The fraction of sp³-hybridized carbons (Fsp3) is 0.462. The molecule has 0 radical (unpaired) electrons. The molecule has 0 aliphatic heterocycles. The molecule has 5 nitrogen and oxygen atoms in total. The van der Waals surface area contributed by atoms with Crippen molar-refractivity contribution < 1.29 is 22.0 Å². The number of nitrogens with one attached hydrogen (secondary N) is 1. The monoisotopic (exact) mass is 320 g/mol. The van der Waals surface area contributed by atoms with Gasteiger partial charge in [-0.05, 0) is 32.4 Å². The fourth-order valence-corrected chi connectivity index (χ4v) is 2.90. The number of hydrogen-bond donors (Lipinski definition) is 2. The third-order valence-corrected chi connectivity index (χ3v) is 4.67. The molecule has 0 fully saturated rings. The summed E-state index contributed by atoms with van der Waals surface area (Å²) in [6.45, 7) is 5.23. The summed E-state index contributed by atoms with van der Waals surface area (Å²) in [6, 6.07) is 1.40. The summed E-state index contributed by atoms with van der Waals surface area (Å²) in [6.07, 6.45) is 0.573. The van der Waals surface area contributed by atoms with E-state index >= 15 is 0 Å². The van der Waals surface area contributed by atoms with Gasteiger partial charge in [-0.15, -0.1) is 0 Å². The molecule has 8 heteroatoms. The molecule has 0 saturated heterocycles. The third-order valence-electron chi connectivity index (χ3n) is 3.01. The first-order valence-electron chi connectivity index (χ1n) is 6.27. The smallest absolute Gasteiger partial charge is 0.236 e. The van der Waals surface area contributed by atoms with Crippen molar-refractivity contribution >= 4 is 21.4 Å². The Balaban J connectivity index is 3.06. The van der Waals surface area contributed by atoms with Crippen molar-refractivity contribution in [3.05, 3.63) is 23.8 Å². The predicted octanol–water partition coefficient (Wildman–Crippen LogP) is 1.63. The van der Waals surface area contributed by atoms with Crippen LogP contribution in [0.25, 0.3) is 0 Å². The molecule has 21 heavy (non-hydrogen) atoms.